The molecule has 3 rings (SSSR count). The Morgan fingerprint density at radius 2 is 2.20 bits per heavy atom. The first kappa shape index (κ1) is 8.91. The van der Waals surface area contributed by atoms with E-state index in [4.69, 9.17) is 4.74 Å². The van der Waals surface area contributed by atoms with Gasteiger partial charge in [0.15, 0.2) is 0 Å². The number of morpholine rings is 1. The maximum atomic E-state index is 12.0. The van der Waals surface area contributed by atoms with Crippen LogP contribution in [-0.2, 0) is 4.74 Å². The van der Waals surface area contributed by atoms with Crippen molar-refractivity contribution >= 4 is 5.91 Å². The SMILES string of the molecule is O=C(c1cn[nH]c1)N1CC2CCC(C1)O2. The third-order valence-corrected chi connectivity index (χ3v) is 3.08. The summed E-state index contributed by atoms with van der Waals surface area (Å²) in [6, 6.07) is 0. The molecule has 1 aromatic heterocycles. The van der Waals surface area contributed by atoms with Crippen LogP contribution < -0.4 is 0 Å². The fourth-order valence-electron chi connectivity index (χ4n) is 2.33. The van der Waals surface area contributed by atoms with Crippen LogP contribution in [0, 0.1) is 0 Å². The van der Waals surface area contributed by atoms with Crippen LogP contribution in [0.5, 0.6) is 0 Å². The van der Waals surface area contributed by atoms with E-state index < -0.39 is 0 Å². The van der Waals surface area contributed by atoms with Crippen molar-refractivity contribution in [2.45, 2.75) is 25.0 Å². The van der Waals surface area contributed by atoms with E-state index in [1.807, 2.05) is 4.90 Å². The number of H-pyrrole nitrogens is 1. The number of aromatic amines is 1. The second kappa shape index (κ2) is 3.34. The molecule has 5 heteroatoms. The van der Waals surface area contributed by atoms with Crippen molar-refractivity contribution < 1.29 is 9.53 Å². The number of amides is 1. The van der Waals surface area contributed by atoms with Gasteiger partial charge in [0.2, 0.25) is 0 Å². The van der Waals surface area contributed by atoms with Crippen LogP contribution in [0.1, 0.15) is 23.2 Å². The monoisotopic (exact) mass is 207 g/mol. The molecule has 2 fully saturated rings. The van der Waals surface area contributed by atoms with Gasteiger partial charge < -0.3 is 9.64 Å². The first-order valence-electron chi connectivity index (χ1n) is 5.26. The molecule has 2 aliphatic rings. The number of hydrogen-bond donors (Lipinski definition) is 1. The predicted octanol–water partition coefficient (Wildman–Crippen LogP) is 0.413. The number of carbonyl (C=O) groups is 1. The predicted molar refractivity (Wildman–Crippen MR) is 52.4 cm³/mol. The molecular weight excluding hydrogens is 194 g/mol. The average molecular weight is 207 g/mol. The molecule has 0 spiro atoms. The molecular formula is C10H13N3O2. The Morgan fingerprint density at radius 3 is 2.80 bits per heavy atom. The summed E-state index contributed by atoms with van der Waals surface area (Å²) < 4.78 is 5.68. The molecule has 0 aromatic carbocycles. The lowest BCUT2D eigenvalue weighted by molar-refractivity contribution is -0.0303. The van der Waals surface area contributed by atoms with Gasteiger partial charge in [0.25, 0.3) is 5.91 Å². The van der Waals surface area contributed by atoms with Gasteiger partial charge in [-0.15, -0.1) is 0 Å². The molecule has 5 nitrogen and oxygen atoms in total. The number of likely N-dealkylation sites (tertiary alicyclic amines) is 1. The Morgan fingerprint density at radius 1 is 1.47 bits per heavy atom. The van der Waals surface area contributed by atoms with Gasteiger partial charge in [0.05, 0.1) is 24.0 Å². The van der Waals surface area contributed by atoms with E-state index in [9.17, 15) is 4.79 Å². The number of carbonyl (C=O) groups excluding carboxylic acids is 1. The molecule has 3 heterocycles. The van der Waals surface area contributed by atoms with E-state index >= 15 is 0 Å². The van der Waals surface area contributed by atoms with Crippen molar-refractivity contribution in [2.75, 3.05) is 13.1 Å². The summed E-state index contributed by atoms with van der Waals surface area (Å²) in [5.74, 6) is 0.0592. The van der Waals surface area contributed by atoms with Gasteiger partial charge >= 0.3 is 0 Å². The Kier molecular flexibility index (Phi) is 1.98. The zero-order valence-corrected chi connectivity index (χ0v) is 8.35. The number of ether oxygens (including phenoxy) is 1. The maximum Gasteiger partial charge on any atom is 0.257 e. The van der Waals surface area contributed by atoms with E-state index in [1.165, 1.54) is 0 Å². The molecule has 2 unspecified atom stereocenters. The van der Waals surface area contributed by atoms with Gasteiger partial charge in [0.1, 0.15) is 0 Å². The lowest BCUT2D eigenvalue weighted by Crippen LogP contribution is -2.45. The molecule has 0 aliphatic carbocycles. The highest BCUT2D eigenvalue weighted by Gasteiger charge is 2.36. The minimum atomic E-state index is 0.0592. The highest BCUT2D eigenvalue weighted by molar-refractivity contribution is 5.93. The van der Waals surface area contributed by atoms with Crippen LogP contribution in [-0.4, -0.2) is 46.3 Å². The molecule has 2 aliphatic heterocycles. The lowest BCUT2D eigenvalue weighted by atomic mass is 10.2. The second-order valence-electron chi connectivity index (χ2n) is 4.15. The Balaban J connectivity index is 1.75. The van der Waals surface area contributed by atoms with Gasteiger partial charge in [-0.2, -0.15) is 5.10 Å². The molecule has 0 radical (unpaired) electrons. The Bertz CT molecular complexity index is 351. The quantitative estimate of drug-likeness (QED) is 0.725. The first-order valence-corrected chi connectivity index (χ1v) is 5.26. The largest absolute Gasteiger partial charge is 0.371 e. The van der Waals surface area contributed by atoms with E-state index in [0.717, 1.165) is 25.9 Å². The van der Waals surface area contributed by atoms with E-state index in [0.29, 0.717) is 5.56 Å². The summed E-state index contributed by atoms with van der Waals surface area (Å²) >= 11 is 0. The van der Waals surface area contributed by atoms with Crippen molar-refractivity contribution in [1.29, 1.82) is 0 Å². The number of rotatable bonds is 1. The number of hydrogen-bond acceptors (Lipinski definition) is 3. The van der Waals surface area contributed by atoms with Crippen molar-refractivity contribution in [3.8, 4) is 0 Å². The van der Waals surface area contributed by atoms with Crippen LogP contribution in [0.15, 0.2) is 12.4 Å². The van der Waals surface area contributed by atoms with Crippen LogP contribution in [0.4, 0.5) is 0 Å². The van der Waals surface area contributed by atoms with Crippen LogP contribution in [0.25, 0.3) is 0 Å². The van der Waals surface area contributed by atoms with Crippen LogP contribution in [0.3, 0.4) is 0 Å². The van der Waals surface area contributed by atoms with Crippen molar-refractivity contribution in [2.24, 2.45) is 0 Å². The van der Waals surface area contributed by atoms with Crippen molar-refractivity contribution in [3.05, 3.63) is 18.0 Å². The second-order valence-corrected chi connectivity index (χ2v) is 4.15. The number of fused-ring (bicyclic) bond motifs is 2. The summed E-state index contributed by atoms with van der Waals surface area (Å²) in [5, 5.41) is 6.45. The number of aromatic nitrogens is 2. The summed E-state index contributed by atoms with van der Waals surface area (Å²) in [7, 11) is 0. The standard InChI is InChI=1S/C10H13N3O2/c14-10(7-3-11-12-4-7)13-5-8-1-2-9(6-13)15-8/h3-4,8-9H,1-2,5-6H2,(H,11,12). The third-order valence-electron chi connectivity index (χ3n) is 3.08. The molecule has 1 N–H and O–H groups in total. The van der Waals surface area contributed by atoms with Gasteiger partial charge in [-0.3, -0.25) is 9.89 Å². The smallest absolute Gasteiger partial charge is 0.257 e. The average Bonchev–Trinajstić information content (AvgIpc) is 2.87. The fourth-order valence-corrected chi connectivity index (χ4v) is 2.33. The summed E-state index contributed by atoms with van der Waals surface area (Å²) in [6.45, 7) is 1.45. The highest BCUT2D eigenvalue weighted by atomic mass is 16.5. The summed E-state index contributed by atoms with van der Waals surface area (Å²) in [4.78, 5) is 13.9. The number of nitrogens with one attached hydrogen (secondary N) is 1. The molecule has 2 saturated heterocycles. The van der Waals surface area contributed by atoms with Gasteiger partial charge in [0, 0.05) is 19.3 Å². The van der Waals surface area contributed by atoms with Crippen LogP contribution >= 0.6 is 0 Å². The Hall–Kier alpha value is -1.36. The van der Waals surface area contributed by atoms with E-state index in [-0.39, 0.29) is 18.1 Å². The van der Waals surface area contributed by atoms with Gasteiger partial charge in [-0.25, -0.2) is 0 Å². The molecule has 1 aromatic rings. The van der Waals surface area contributed by atoms with Gasteiger partial charge in [-0.1, -0.05) is 0 Å². The zero-order valence-electron chi connectivity index (χ0n) is 8.35. The summed E-state index contributed by atoms with van der Waals surface area (Å²) in [5.41, 5.74) is 0.635. The normalized spacial score (nSPS) is 29.5. The lowest BCUT2D eigenvalue weighted by Gasteiger charge is -2.31. The highest BCUT2D eigenvalue weighted by Crippen LogP contribution is 2.26. The minimum Gasteiger partial charge on any atom is -0.371 e. The molecule has 80 valence electrons. The Labute approximate surface area is 87.4 Å². The zero-order chi connectivity index (χ0) is 10.3. The van der Waals surface area contributed by atoms with Crippen LogP contribution in [0.2, 0.25) is 0 Å². The maximum absolute atomic E-state index is 12.0. The van der Waals surface area contributed by atoms with Crippen molar-refractivity contribution in [1.82, 2.24) is 15.1 Å². The number of nitrogens with zero attached hydrogens (tertiary/aromatic N) is 2. The van der Waals surface area contributed by atoms with Crippen molar-refractivity contribution in [3.63, 3.8) is 0 Å². The first-order chi connectivity index (χ1) is 7.33. The topological polar surface area (TPSA) is 58.2 Å². The van der Waals surface area contributed by atoms with E-state index in [1.54, 1.807) is 12.4 Å². The third kappa shape index (κ3) is 1.52. The molecule has 2 atom stereocenters. The molecule has 2 bridgehead atoms. The minimum absolute atomic E-state index is 0.0592. The summed E-state index contributed by atoms with van der Waals surface area (Å²) in [6.07, 6.45) is 5.87. The molecule has 0 saturated carbocycles. The van der Waals surface area contributed by atoms with Gasteiger partial charge in [-0.05, 0) is 12.8 Å². The van der Waals surface area contributed by atoms with E-state index in [2.05, 4.69) is 10.2 Å². The molecule has 1 amide bonds. The fraction of sp³-hybridized carbons (Fsp3) is 0.600. The molecule has 15 heavy (non-hydrogen) atoms.